The maximum absolute atomic E-state index is 5.65. The smallest absolute Gasteiger partial charge is 0.295 e. The van der Waals surface area contributed by atoms with Gasteiger partial charge in [-0.15, -0.1) is 0 Å². The summed E-state index contributed by atoms with van der Waals surface area (Å²) >= 11 is 0. The van der Waals surface area contributed by atoms with Crippen molar-refractivity contribution in [1.82, 2.24) is 4.98 Å². The minimum Gasteiger partial charge on any atom is -0.424 e. The summed E-state index contributed by atoms with van der Waals surface area (Å²) in [5, 5.41) is 3.31. The van der Waals surface area contributed by atoms with E-state index in [1.54, 1.807) is 0 Å². The normalized spacial score (nSPS) is 18.9. The summed E-state index contributed by atoms with van der Waals surface area (Å²) in [6.07, 6.45) is 2.17. The number of fused-ring (bicyclic) bond motifs is 1. The Bertz CT molecular complexity index is 496. The Morgan fingerprint density at radius 3 is 2.83 bits per heavy atom. The largest absolute Gasteiger partial charge is 0.424 e. The maximum Gasteiger partial charge on any atom is 0.295 e. The van der Waals surface area contributed by atoms with Crippen molar-refractivity contribution in [1.29, 1.82) is 0 Å². The van der Waals surface area contributed by atoms with Gasteiger partial charge in [-0.1, -0.05) is 19.1 Å². The Hall–Kier alpha value is -1.55. The summed E-state index contributed by atoms with van der Waals surface area (Å²) in [4.78, 5) is 4.42. The van der Waals surface area contributed by atoms with E-state index < -0.39 is 0 Å². The van der Waals surface area contributed by atoms with Gasteiger partial charge in [0.05, 0.1) is 0 Å². The number of anilines is 1. The van der Waals surface area contributed by atoms with Crippen molar-refractivity contribution in [3.8, 4) is 0 Å². The van der Waals surface area contributed by atoms with Crippen molar-refractivity contribution in [3.63, 3.8) is 0 Å². The summed E-state index contributed by atoms with van der Waals surface area (Å²) in [5.41, 5.74) is 2.01. The van der Waals surface area contributed by atoms with E-state index in [1.165, 1.54) is 0 Å². The highest BCUT2D eigenvalue weighted by Gasteiger charge is 2.27. The zero-order valence-corrected chi connectivity index (χ0v) is 10.6. The quantitative estimate of drug-likeness (QED) is 0.904. The molecule has 1 aromatic heterocycles. The predicted octanol–water partition coefficient (Wildman–Crippen LogP) is 3.06. The highest BCUT2D eigenvalue weighted by molar-refractivity contribution is 5.74. The molecule has 0 saturated carbocycles. The molecule has 1 N–H and O–H groups in total. The second-order valence-electron chi connectivity index (χ2n) is 5.26. The van der Waals surface area contributed by atoms with E-state index in [-0.39, 0.29) is 5.41 Å². The summed E-state index contributed by atoms with van der Waals surface area (Å²) < 4.78 is 11.0. The number of hydrogen-bond donors (Lipinski definition) is 1. The van der Waals surface area contributed by atoms with Gasteiger partial charge in [-0.2, -0.15) is 4.98 Å². The van der Waals surface area contributed by atoms with Gasteiger partial charge in [-0.3, -0.25) is 0 Å². The molecule has 96 valence electrons. The average molecular weight is 246 g/mol. The number of benzene rings is 1. The second kappa shape index (κ2) is 4.61. The Balaban J connectivity index is 1.69. The molecule has 1 aliphatic heterocycles. The minimum atomic E-state index is 0.277. The van der Waals surface area contributed by atoms with E-state index in [0.29, 0.717) is 6.01 Å². The molecule has 2 heterocycles. The molecule has 2 aromatic rings. The van der Waals surface area contributed by atoms with Crippen LogP contribution in [0.15, 0.2) is 28.7 Å². The van der Waals surface area contributed by atoms with Gasteiger partial charge in [-0.05, 0) is 30.4 Å². The fourth-order valence-corrected chi connectivity index (χ4v) is 2.28. The van der Waals surface area contributed by atoms with Gasteiger partial charge in [0.15, 0.2) is 5.58 Å². The third-order valence-electron chi connectivity index (χ3n) is 3.66. The lowest BCUT2D eigenvalue weighted by Gasteiger charge is -2.33. The minimum absolute atomic E-state index is 0.277. The van der Waals surface area contributed by atoms with Gasteiger partial charge < -0.3 is 14.5 Å². The third kappa shape index (κ3) is 2.34. The molecule has 0 unspecified atom stereocenters. The van der Waals surface area contributed by atoms with Gasteiger partial charge in [0.2, 0.25) is 0 Å². The zero-order chi connectivity index (χ0) is 12.4. The standard InChI is InChI=1S/C14H18N2O2/c1-14(6-8-17-9-7-14)10-15-13-16-11-4-2-3-5-12(11)18-13/h2-5H,6-10H2,1H3,(H,15,16). The van der Waals surface area contributed by atoms with Crippen LogP contribution < -0.4 is 5.32 Å². The second-order valence-corrected chi connectivity index (χ2v) is 5.26. The SMILES string of the molecule is CC1(CNc2nc3ccccc3o2)CCOCC1. The van der Waals surface area contributed by atoms with Gasteiger partial charge in [0, 0.05) is 19.8 Å². The molecule has 18 heavy (non-hydrogen) atoms. The lowest BCUT2D eigenvalue weighted by molar-refractivity contribution is 0.0298. The molecule has 0 aliphatic carbocycles. The fraction of sp³-hybridized carbons (Fsp3) is 0.500. The van der Waals surface area contributed by atoms with E-state index >= 15 is 0 Å². The highest BCUT2D eigenvalue weighted by atomic mass is 16.5. The molecular formula is C14H18N2O2. The maximum atomic E-state index is 5.65. The molecule has 1 saturated heterocycles. The summed E-state index contributed by atoms with van der Waals surface area (Å²) in [7, 11) is 0. The zero-order valence-electron chi connectivity index (χ0n) is 10.6. The number of aromatic nitrogens is 1. The number of oxazole rings is 1. The van der Waals surface area contributed by atoms with Crippen LogP contribution in [-0.4, -0.2) is 24.7 Å². The molecule has 3 rings (SSSR count). The highest BCUT2D eigenvalue weighted by Crippen LogP contribution is 2.30. The van der Waals surface area contributed by atoms with E-state index in [1.807, 2.05) is 24.3 Å². The number of ether oxygens (including phenoxy) is 1. The first-order chi connectivity index (χ1) is 8.75. The van der Waals surface area contributed by atoms with Crippen LogP contribution >= 0.6 is 0 Å². The third-order valence-corrected chi connectivity index (χ3v) is 3.66. The van der Waals surface area contributed by atoms with Gasteiger partial charge in [0.1, 0.15) is 5.52 Å². The number of para-hydroxylation sites is 2. The number of rotatable bonds is 3. The van der Waals surface area contributed by atoms with Crippen LogP contribution in [-0.2, 0) is 4.74 Å². The first kappa shape index (κ1) is 11.5. The van der Waals surface area contributed by atoms with Crippen molar-refractivity contribution in [2.75, 3.05) is 25.1 Å². The number of hydrogen-bond acceptors (Lipinski definition) is 4. The molecular weight excluding hydrogens is 228 g/mol. The van der Waals surface area contributed by atoms with Crippen LogP contribution in [0.3, 0.4) is 0 Å². The Labute approximate surface area is 106 Å². The average Bonchev–Trinajstić information content (AvgIpc) is 2.80. The first-order valence-corrected chi connectivity index (χ1v) is 6.42. The van der Waals surface area contributed by atoms with Crippen LogP contribution in [0.4, 0.5) is 6.01 Å². The van der Waals surface area contributed by atoms with Crippen molar-refractivity contribution in [3.05, 3.63) is 24.3 Å². The summed E-state index contributed by atoms with van der Waals surface area (Å²) in [5.74, 6) is 0. The van der Waals surface area contributed by atoms with Crippen LogP contribution in [0, 0.1) is 5.41 Å². The first-order valence-electron chi connectivity index (χ1n) is 6.42. The summed E-state index contributed by atoms with van der Waals surface area (Å²) in [6, 6.07) is 8.43. The molecule has 4 heteroatoms. The lowest BCUT2D eigenvalue weighted by atomic mass is 9.82. The predicted molar refractivity (Wildman–Crippen MR) is 70.7 cm³/mol. The van der Waals surface area contributed by atoms with E-state index in [4.69, 9.17) is 9.15 Å². The topological polar surface area (TPSA) is 47.3 Å². The van der Waals surface area contributed by atoms with Crippen LogP contribution in [0.2, 0.25) is 0 Å². The van der Waals surface area contributed by atoms with Gasteiger partial charge >= 0.3 is 0 Å². The number of nitrogens with one attached hydrogen (secondary N) is 1. The van der Waals surface area contributed by atoms with Crippen LogP contribution in [0.25, 0.3) is 11.1 Å². The molecule has 1 aliphatic rings. The fourth-order valence-electron chi connectivity index (χ4n) is 2.28. The van der Waals surface area contributed by atoms with Crippen molar-refractivity contribution < 1.29 is 9.15 Å². The van der Waals surface area contributed by atoms with E-state index in [9.17, 15) is 0 Å². The Morgan fingerprint density at radius 2 is 2.06 bits per heavy atom. The molecule has 1 fully saturated rings. The number of nitrogens with zero attached hydrogens (tertiary/aromatic N) is 1. The van der Waals surface area contributed by atoms with Gasteiger partial charge in [-0.25, -0.2) is 0 Å². The van der Waals surface area contributed by atoms with E-state index in [2.05, 4.69) is 17.2 Å². The van der Waals surface area contributed by atoms with Crippen molar-refractivity contribution >= 4 is 17.1 Å². The molecule has 0 atom stereocenters. The molecule has 0 bridgehead atoms. The van der Waals surface area contributed by atoms with Crippen LogP contribution in [0.1, 0.15) is 19.8 Å². The van der Waals surface area contributed by atoms with Gasteiger partial charge in [0.25, 0.3) is 6.01 Å². The van der Waals surface area contributed by atoms with Crippen LogP contribution in [0.5, 0.6) is 0 Å². The Morgan fingerprint density at radius 1 is 1.28 bits per heavy atom. The molecule has 0 radical (unpaired) electrons. The molecule has 0 amide bonds. The van der Waals surface area contributed by atoms with Crippen molar-refractivity contribution in [2.24, 2.45) is 5.41 Å². The van der Waals surface area contributed by atoms with E-state index in [0.717, 1.165) is 43.7 Å². The van der Waals surface area contributed by atoms with Crippen molar-refractivity contribution in [2.45, 2.75) is 19.8 Å². The molecule has 0 spiro atoms. The Kier molecular flexibility index (Phi) is 2.96. The lowest BCUT2D eigenvalue weighted by Crippen LogP contribution is -2.33. The molecule has 1 aromatic carbocycles. The monoisotopic (exact) mass is 246 g/mol. The summed E-state index contributed by atoms with van der Waals surface area (Å²) in [6.45, 7) is 4.87. The molecule has 4 nitrogen and oxygen atoms in total.